The number of aromatic amines is 1. The van der Waals surface area contributed by atoms with Crippen LogP contribution in [0.3, 0.4) is 0 Å². The lowest BCUT2D eigenvalue weighted by molar-refractivity contribution is 0.102. The number of nitrogens with zero attached hydrogens (tertiary/aromatic N) is 2. The van der Waals surface area contributed by atoms with Gasteiger partial charge in [-0.2, -0.15) is 5.21 Å². The van der Waals surface area contributed by atoms with Crippen LogP contribution in [-0.4, -0.2) is 21.3 Å². The number of aryl methyl sites for hydroxylation is 1. The molecule has 3 N–H and O–H groups in total. The van der Waals surface area contributed by atoms with Crippen LogP contribution in [0.4, 0.5) is 21.6 Å². The molecule has 0 saturated heterocycles. The number of H-pyrrole nitrogens is 1. The van der Waals surface area contributed by atoms with E-state index < -0.39 is 5.91 Å². The van der Waals surface area contributed by atoms with Crippen molar-refractivity contribution in [2.75, 3.05) is 10.6 Å². The Kier molecular flexibility index (Phi) is 4.43. The molecule has 122 valence electrons. The highest BCUT2D eigenvalue weighted by atomic mass is 35.5. The number of aromatic nitrogens is 3. The lowest BCUT2D eigenvalue weighted by Crippen LogP contribution is -2.15. The zero-order valence-electron chi connectivity index (χ0n) is 12.6. The van der Waals surface area contributed by atoms with Crippen LogP contribution >= 0.6 is 11.6 Å². The monoisotopic (exact) mass is 345 g/mol. The number of nitrogens with one attached hydrogen (secondary N) is 3. The van der Waals surface area contributed by atoms with E-state index in [0.29, 0.717) is 22.0 Å². The number of carbonyl (C=O) groups is 1. The van der Waals surface area contributed by atoms with Crippen LogP contribution in [0.5, 0.6) is 0 Å². The van der Waals surface area contributed by atoms with Gasteiger partial charge in [-0.05, 0) is 48.9 Å². The third kappa shape index (κ3) is 3.52. The smallest absolute Gasteiger partial charge is 0.280 e. The second-order valence-electron chi connectivity index (χ2n) is 5.07. The van der Waals surface area contributed by atoms with Crippen molar-refractivity contribution in [1.82, 2.24) is 15.4 Å². The maximum absolute atomic E-state index is 13.1. The molecule has 8 heteroatoms. The van der Waals surface area contributed by atoms with E-state index in [1.807, 2.05) is 0 Å². The number of amides is 1. The Labute approximate surface area is 142 Å². The van der Waals surface area contributed by atoms with Crippen molar-refractivity contribution >= 4 is 34.7 Å². The maximum Gasteiger partial charge on any atom is 0.280 e. The summed E-state index contributed by atoms with van der Waals surface area (Å²) >= 11 is 5.93. The van der Waals surface area contributed by atoms with E-state index in [1.165, 1.54) is 18.2 Å². The van der Waals surface area contributed by atoms with Gasteiger partial charge in [-0.3, -0.25) is 4.79 Å². The fourth-order valence-electron chi connectivity index (χ4n) is 2.13. The third-order valence-electron chi connectivity index (χ3n) is 3.29. The molecule has 1 aromatic heterocycles. The highest BCUT2D eigenvalue weighted by Crippen LogP contribution is 2.22. The second-order valence-corrected chi connectivity index (χ2v) is 5.51. The van der Waals surface area contributed by atoms with Gasteiger partial charge >= 0.3 is 0 Å². The first-order chi connectivity index (χ1) is 11.5. The van der Waals surface area contributed by atoms with Gasteiger partial charge in [-0.15, -0.1) is 10.2 Å². The number of anilines is 3. The fraction of sp³-hybridized carbons (Fsp3) is 0.0625. The topological polar surface area (TPSA) is 82.7 Å². The second kappa shape index (κ2) is 6.67. The Morgan fingerprint density at radius 2 is 2.04 bits per heavy atom. The summed E-state index contributed by atoms with van der Waals surface area (Å²) in [5, 5.41) is 16.4. The van der Waals surface area contributed by atoms with E-state index in [0.717, 1.165) is 0 Å². The van der Waals surface area contributed by atoms with E-state index in [1.54, 1.807) is 31.2 Å². The molecule has 1 amide bonds. The van der Waals surface area contributed by atoms with Gasteiger partial charge in [0.2, 0.25) is 0 Å². The lowest BCUT2D eigenvalue weighted by atomic mass is 10.2. The largest absolute Gasteiger partial charge is 0.337 e. The summed E-state index contributed by atoms with van der Waals surface area (Å²) in [6.07, 6.45) is 0. The van der Waals surface area contributed by atoms with Crippen LogP contribution in [0.2, 0.25) is 5.02 Å². The number of carbonyl (C=O) groups excluding carboxylic acids is 1. The Morgan fingerprint density at radius 3 is 2.79 bits per heavy atom. The molecule has 0 spiro atoms. The van der Waals surface area contributed by atoms with Crippen LogP contribution in [0, 0.1) is 12.7 Å². The Hall–Kier alpha value is -2.93. The highest BCUT2D eigenvalue weighted by Gasteiger charge is 2.17. The molecule has 2 aromatic carbocycles. The Balaban J connectivity index is 1.80. The van der Waals surface area contributed by atoms with E-state index in [4.69, 9.17) is 11.6 Å². The zero-order valence-corrected chi connectivity index (χ0v) is 13.4. The van der Waals surface area contributed by atoms with Crippen LogP contribution in [0.25, 0.3) is 0 Å². The minimum Gasteiger partial charge on any atom is -0.337 e. The number of hydrogen-bond donors (Lipinski definition) is 3. The summed E-state index contributed by atoms with van der Waals surface area (Å²) in [5.41, 5.74) is 1.86. The van der Waals surface area contributed by atoms with Crippen molar-refractivity contribution in [2.24, 2.45) is 0 Å². The normalized spacial score (nSPS) is 10.5. The first-order valence-corrected chi connectivity index (χ1v) is 7.41. The summed E-state index contributed by atoms with van der Waals surface area (Å²) in [6.45, 7) is 1.70. The molecule has 0 fully saturated rings. The molecule has 0 saturated carbocycles. The van der Waals surface area contributed by atoms with Crippen molar-refractivity contribution in [2.45, 2.75) is 6.92 Å². The summed E-state index contributed by atoms with van der Waals surface area (Å²) in [6, 6.07) is 11.1. The first kappa shape index (κ1) is 15.9. The molecule has 0 aliphatic rings. The molecule has 0 unspecified atom stereocenters. The molecule has 3 rings (SSSR count). The predicted molar refractivity (Wildman–Crippen MR) is 90.2 cm³/mol. The molecule has 6 nitrogen and oxygen atoms in total. The van der Waals surface area contributed by atoms with Crippen molar-refractivity contribution < 1.29 is 9.18 Å². The molecule has 0 atom stereocenters. The predicted octanol–water partition coefficient (Wildman–Crippen LogP) is 3.90. The average Bonchev–Trinajstić information content (AvgIpc) is 2.98. The van der Waals surface area contributed by atoms with Crippen molar-refractivity contribution in [3.05, 3.63) is 64.6 Å². The molecular formula is C16H13ClFN5O. The van der Waals surface area contributed by atoms with Crippen LogP contribution in [-0.2, 0) is 0 Å². The molecule has 0 bridgehead atoms. The minimum absolute atomic E-state index is 0.0821. The summed E-state index contributed by atoms with van der Waals surface area (Å²) in [7, 11) is 0. The van der Waals surface area contributed by atoms with Crippen molar-refractivity contribution in [1.29, 1.82) is 0 Å². The van der Waals surface area contributed by atoms with Gasteiger partial charge in [0.25, 0.3) is 5.91 Å². The zero-order chi connectivity index (χ0) is 17.1. The summed E-state index contributed by atoms with van der Waals surface area (Å²) < 4.78 is 13.1. The van der Waals surface area contributed by atoms with Gasteiger partial charge in [0.1, 0.15) is 5.82 Å². The van der Waals surface area contributed by atoms with E-state index in [2.05, 4.69) is 26.0 Å². The number of halogens is 2. The molecule has 1 heterocycles. The molecular weight excluding hydrogens is 333 g/mol. The quantitative estimate of drug-likeness (QED) is 0.669. The Morgan fingerprint density at radius 1 is 1.21 bits per heavy atom. The van der Waals surface area contributed by atoms with Gasteiger partial charge in [0.15, 0.2) is 11.5 Å². The molecule has 0 aliphatic carbocycles. The average molecular weight is 346 g/mol. The van der Waals surface area contributed by atoms with Crippen LogP contribution in [0.15, 0.2) is 42.5 Å². The standard InChI is InChI=1S/C16H13ClFN5O/c1-9-7-11(18)5-6-13(9)20-16(24)14-15(22-23-21-14)19-12-4-2-3-10(17)8-12/h2-8H,1H3,(H,20,24)(H2,19,21,22,23). The van der Waals surface area contributed by atoms with Crippen LogP contribution in [0.1, 0.15) is 16.1 Å². The minimum atomic E-state index is -0.469. The number of rotatable bonds is 4. The lowest BCUT2D eigenvalue weighted by Gasteiger charge is -2.08. The van der Waals surface area contributed by atoms with Crippen molar-refractivity contribution in [3.63, 3.8) is 0 Å². The molecule has 24 heavy (non-hydrogen) atoms. The van der Waals surface area contributed by atoms with Crippen LogP contribution < -0.4 is 10.6 Å². The van der Waals surface area contributed by atoms with E-state index in [9.17, 15) is 9.18 Å². The maximum atomic E-state index is 13.1. The third-order valence-corrected chi connectivity index (χ3v) is 3.52. The SMILES string of the molecule is Cc1cc(F)ccc1NC(=O)c1n[nH]nc1Nc1cccc(Cl)c1. The van der Waals surface area contributed by atoms with Gasteiger partial charge in [0, 0.05) is 16.4 Å². The van der Waals surface area contributed by atoms with Gasteiger partial charge in [-0.25, -0.2) is 4.39 Å². The fourth-order valence-corrected chi connectivity index (χ4v) is 2.32. The van der Waals surface area contributed by atoms with Gasteiger partial charge in [-0.1, -0.05) is 17.7 Å². The number of hydrogen-bond acceptors (Lipinski definition) is 4. The highest BCUT2D eigenvalue weighted by molar-refractivity contribution is 6.30. The van der Waals surface area contributed by atoms with Gasteiger partial charge in [0.05, 0.1) is 0 Å². The van der Waals surface area contributed by atoms with Crippen molar-refractivity contribution in [3.8, 4) is 0 Å². The number of benzene rings is 2. The summed E-state index contributed by atoms with van der Waals surface area (Å²) in [5.74, 6) is -0.576. The molecule has 0 aliphatic heterocycles. The first-order valence-electron chi connectivity index (χ1n) is 7.04. The van der Waals surface area contributed by atoms with E-state index >= 15 is 0 Å². The summed E-state index contributed by atoms with van der Waals surface area (Å²) in [4.78, 5) is 12.4. The van der Waals surface area contributed by atoms with E-state index in [-0.39, 0.29) is 17.3 Å². The molecule has 0 radical (unpaired) electrons. The molecule has 3 aromatic rings. The Bertz CT molecular complexity index is 896. The van der Waals surface area contributed by atoms with Gasteiger partial charge < -0.3 is 10.6 Å².